The van der Waals surface area contributed by atoms with E-state index in [1.54, 1.807) is 30.3 Å². The Labute approximate surface area is 323 Å². The number of aliphatic carboxylic acids is 1. The number of phenolic OH excluding ortho intramolecular Hbond substituents is 1. The standard InChI is InChI=1S/C22H47N3O.C14H9I3O4/c1-2-3-4-5-6-7-8-9-10-11-12-13-14-17-20-25-22(26)21(24)18-15-16-19-23;15-9-6-8(1-2-12(9)18)21-14-10(16)3-7(4-11(14)17)5-13(19)20/h21H,2-20,23-24H2,1H3,(H,25,26);1-4,6,18H,5H2,(H,19,20)/t21-;/m0./s1. The number of nitrogens with two attached hydrogens (primary N) is 2. The highest BCUT2D eigenvalue weighted by molar-refractivity contribution is 14.1. The van der Waals surface area contributed by atoms with E-state index in [0.717, 1.165) is 44.9 Å². The zero-order valence-electron chi connectivity index (χ0n) is 28.0. The normalized spacial score (nSPS) is 11.4. The van der Waals surface area contributed by atoms with Crippen LogP contribution in [-0.4, -0.2) is 41.2 Å². The van der Waals surface area contributed by atoms with E-state index in [1.807, 2.05) is 22.6 Å². The zero-order chi connectivity index (χ0) is 34.9. The van der Waals surface area contributed by atoms with Gasteiger partial charge < -0.3 is 31.7 Å². The molecule has 11 heteroatoms. The summed E-state index contributed by atoms with van der Waals surface area (Å²) in [5.41, 5.74) is 12.1. The van der Waals surface area contributed by atoms with Gasteiger partial charge in [-0.3, -0.25) is 9.59 Å². The molecule has 266 valence electrons. The maximum atomic E-state index is 11.8. The molecular weight excluding hydrogens is 935 g/mol. The van der Waals surface area contributed by atoms with Crippen LogP contribution in [0.3, 0.4) is 0 Å². The van der Waals surface area contributed by atoms with E-state index >= 15 is 0 Å². The molecule has 0 heterocycles. The number of unbranched alkanes of at least 4 members (excludes halogenated alkanes) is 14. The molecule has 0 bridgehead atoms. The van der Waals surface area contributed by atoms with Gasteiger partial charge in [-0.15, -0.1) is 0 Å². The molecule has 2 aromatic carbocycles. The number of carboxylic acid groups (broad SMARTS) is 1. The van der Waals surface area contributed by atoms with Crippen molar-refractivity contribution in [3.05, 3.63) is 46.6 Å². The second-order valence-electron chi connectivity index (χ2n) is 12.0. The lowest BCUT2D eigenvalue weighted by atomic mass is 10.0. The van der Waals surface area contributed by atoms with Gasteiger partial charge in [0.25, 0.3) is 0 Å². The molecule has 0 spiro atoms. The first-order valence-electron chi connectivity index (χ1n) is 17.2. The van der Waals surface area contributed by atoms with Crippen molar-refractivity contribution >= 4 is 79.6 Å². The van der Waals surface area contributed by atoms with Crippen molar-refractivity contribution in [2.45, 2.75) is 129 Å². The van der Waals surface area contributed by atoms with Crippen LogP contribution in [0, 0.1) is 10.7 Å². The summed E-state index contributed by atoms with van der Waals surface area (Å²) in [6, 6.07) is 8.25. The molecule has 8 nitrogen and oxygen atoms in total. The fourth-order valence-corrected chi connectivity index (χ4v) is 7.56. The van der Waals surface area contributed by atoms with E-state index < -0.39 is 5.97 Å². The minimum atomic E-state index is -0.858. The van der Waals surface area contributed by atoms with Crippen molar-refractivity contribution in [1.29, 1.82) is 0 Å². The van der Waals surface area contributed by atoms with Crippen LogP contribution in [0.4, 0.5) is 0 Å². The fourth-order valence-electron chi connectivity index (χ4n) is 4.96. The molecule has 0 radical (unpaired) electrons. The molecule has 7 N–H and O–H groups in total. The first-order valence-corrected chi connectivity index (χ1v) is 20.4. The van der Waals surface area contributed by atoms with Crippen LogP contribution in [0.25, 0.3) is 0 Å². The fraction of sp³-hybridized carbons (Fsp3) is 0.611. The quantitative estimate of drug-likeness (QED) is 0.0520. The Hall–Kier alpha value is -0.910. The number of carbonyl (C=O) groups excluding carboxylic acids is 1. The number of hydrogen-bond donors (Lipinski definition) is 5. The van der Waals surface area contributed by atoms with Gasteiger partial charge in [0.15, 0.2) is 5.75 Å². The predicted octanol–water partition coefficient (Wildman–Crippen LogP) is 9.67. The summed E-state index contributed by atoms with van der Waals surface area (Å²) in [4.78, 5) is 22.6. The number of halogens is 3. The molecule has 2 rings (SSSR count). The molecule has 0 fully saturated rings. The van der Waals surface area contributed by atoms with Crippen LogP contribution in [0.15, 0.2) is 30.3 Å². The van der Waals surface area contributed by atoms with Gasteiger partial charge in [0.05, 0.1) is 23.2 Å². The van der Waals surface area contributed by atoms with Gasteiger partial charge in [-0.05, 0) is 129 Å². The number of carbonyl (C=O) groups is 2. The van der Waals surface area contributed by atoms with Crippen molar-refractivity contribution in [1.82, 2.24) is 5.32 Å². The number of benzene rings is 2. The van der Waals surface area contributed by atoms with Gasteiger partial charge in [-0.2, -0.15) is 0 Å². The van der Waals surface area contributed by atoms with Gasteiger partial charge in [0, 0.05) is 6.54 Å². The second kappa shape index (κ2) is 27.9. The highest BCUT2D eigenvalue weighted by atomic mass is 127. The third-order valence-electron chi connectivity index (χ3n) is 7.69. The van der Waals surface area contributed by atoms with Crippen LogP contribution in [-0.2, 0) is 16.0 Å². The lowest BCUT2D eigenvalue weighted by molar-refractivity contribution is -0.136. The number of aromatic hydroxyl groups is 1. The van der Waals surface area contributed by atoms with E-state index in [9.17, 15) is 14.7 Å². The van der Waals surface area contributed by atoms with Crippen LogP contribution >= 0.6 is 67.8 Å². The number of nitrogens with one attached hydrogen (secondary N) is 1. The molecule has 1 atom stereocenters. The summed E-state index contributed by atoms with van der Waals surface area (Å²) in [7, 11) is 0. The smallest absolute Gasteiger partial charge is 0.307 e. The summed E-state index contributed by atoms with van der Waals surface area (Å²) >= 11 is 6.28. The minimum absolute atomic E-state index is 0.00304. The van der Waals surface area contributed by atoms with Crippen LogP contribution < -0.4 is 21.5 Å². The Morgan fingerprint density at radius 2 is 1.32 bits per heavy atom. The summed E-state index contributed by atoms with van der Waals surface area (Å²) in [5, 5.41) is 21.3. The van der Waals surface area contributed by atoms with Crippen LogP contribution in [0.2, 0.25) is 0 Å². The number of carboxylic acids is 1. The van der Waals surface area contributed by atoms with Crippen LogP contribution in [0.1, 0.15) is 122 Å². The lowest BCUT2D eigenvalue weighted by Crippen LogP contribution is -2.40. The Balaban J connectivity index is 0.000000479. The topological polar surface area (TPSA) is 148 Å². The first kappa shape index (κ1) is 44.1. The Bertz CT molecular complexity index is 1150. The summed E-state index contributed by atoms with van der Waals surface area (Å²) in [5.74, 6) is 0.662. The van der Waals surface area contributed by atoms with E-state index in [4.69, 9.17) is 21.3 Å². The third kappa shape index (κ3) is 21.7. The highest BCUT2D eigenvalue weighted by Crippen LogP contribution is 2.34. The number of ether oxygens (including phenoxy) is 1. The molecule has 0 aliphatic rings. The van der Waals surface area contributed by atoms with Crippen molar-refractivity contribution in [2.75, 3.05) is 13.1 Å². The molecule has 0 unspecified atom stereocenters. The van der Waals surface area contributed by atoms with Gasteiger partial charge in [-0.1, -0.05) is 96.8 Å². The SMILES string of the molecule is CCCCCCCCCCCCCCCCNC(=O)[C@@H](N)CCCCN.O=C(O)Cc1cc(I)c(Oc2ccc(O)c(I)c2)c(I)c1. The largest absolute Gasteiger partial charge is 0.507 e. The van der Waals surface area contributed by atoms with Crippen molar-refractivity contribution in [2.24, 2.45) is 11.5 Å². The molecule has 0 saturated carbocycles. The van der Waals surface area contributed by atoms with E-state index in [-0.39, 0.29) is 24.1 Å². The van der Waals surface area contributed by atoms with Crippen molar-refractivity contribution < 1.29 is 24.5 Å². The van der Waals surface area contributed by atoms with Gasteiger partial charge in [-0.25, -0.2) is 0 Å². The van der Waals surface area contributed by atoms with Crippen molar-refractivity contribution in [3.8, 4) is 17.2 Å². The number of rotatable bonds is 24. The molecule has 1 amide bonds. The average Bonchev–Trinajstić information content (AvgIpc) is 3.02. The van der Waals surface area contributed by atoms with Gasteiger partial charge >= 0.3 is 5.97 Å². The maximum Gasteiger partial charge on any atom is 0.307 e. The summed E-state index contributed by atoms with van der Waals surface area (Å²) in [6.45, 7) is 3.71. The Morgan fingerprint density at radius 3 is 1.81 bits per heavy atom. The molecule has 0 aromatic heterocycles. The summed E-state index contributed by atoms with van der Waals surface area (Å²) < 4.78 is 8.26. The Kier molecular flexibility index (Phi) is 26.1. The summed E-state index contributed by atoms with van der Waals surface area (Å²) in [6.07, 6.45) is 21.6. The highest BCUT2D eigenvalue weighted by Gasteiger charge is 2.13. The van der Waals surface area contributed by atoms with Crippen molar-refractivity contribution in [3.63, 3.8) is 0 Å². The predicted molar refractivity (Wildman–Crippen MR) is 218 cm³/mol. The molecule has 0 aliphatic carbocycles. The van der Waals surface area contributed by atoms with Gasteiger partial charge in [0.2, 0.25) is 5.91 Å². The number of phenols is 1. The van der Waals surface area contributed by atoms with E-state index in [2.05, 4.69) is 57.4 Å². The van der Waals surface area contributed by atoms with Crippen LogP contribution in [0.5, 0.6) is 17.2 Å². The number of amides is 1. The maximum absolute atomic E-state index is 11.8. The first-order chi connectivity index (χ1) is 22.6. The average molecular weight is 992 g/mol. The molecule has 47 heavy (non-hydrogen) atoms. The number of hydrogen-bond acceptors (Lipinski definition) is 6. The van der Waals surface area contributed by atoms with Gasteiger partial charge in [0.1, 0.15) is 11.5 Å². The zero-order valence-corrected chi connectivity index (χ0v) is 34.5. The molecule has 0 aliphatic heterocycles. The molecule has 2 aromatic rings. The lowest BCUT2D eigenvalue weighted by Gasteiger charge is -2.12. The molecule has 0 saturated heterocycles. The molecular formula is C36H56I3N3O5. The van der Waals surface area contributed by atoms with E-state index in [1.165, 1.54) is 83.5 Å². The second-order valence-corrected chi connectivity index (χ2v) is 15.4. The van der Waals surface area contributed by atoms with E-state index in [0.29, 0.717) is 21.6 Å². The minimum Gasteiger partial charge on any atom is -0.507 e. The Morgan fingerprint density at radius 1 is 0.787 bits per heavy atom. The third-order valence-corrected chi connectivity index (χ3v) is 10.2. The monoisotopic (exact) mass is 991 g/mol.